The Hall–Kier alpha value is -3.44. The van der Waals surface area contributed by atoms with Crippen molar-refractivity contribution in [1.82, 2.24) is 19.1 Å². The van der Waals surface area contributed by atoms with E-state index in [1.807, 2.05) is 0 Å². The van der Waals surface area contributed by atoms with Gasteiger partial charge in [0.15, 0.2) is 17.3 Å². The van der Waals surface area contributed by atoms with Crippen molar-refractivity contribution in [2.45, 2.75) is 17.7 Å². The van der Waals surface area contributed by atoms with E-state index in [4.69, 9.17) is 9.47 Å². The molecule has 1 saturated heterocycles. The van der Waals surface area contributed by atoms with E-state index in [1.165, 1.54) is 16.4 Å². The van der Waals surface area contributed by atoms with E-state index in [2.05, 4.69) is 15.4 Å². The molecule has 0 bridgehead atoms. The Kier molecular flexibility index (Phi) is 5.73. The molecule has 2 aliphatic rings. The molecule has 1 N–H and O–H groups in total. The summed E-state index contributed by atoms with van der Waals surface area (Å²) in [5.41, 5.74) is 0.553. The first kappa shape index (κ1) is 21.4. The number of carbonyl (C=O) groups is 1. The smallest absolute Gasteiger partial charge is 0.243 e. The first-order valence-electron chi connectivity index (χ1n) is 10.7. The molecule has 172 valence electrons. The van der Waals surface area contributed by atoms with Gasteiger partial charge in [-0.1, -0.05) is 0 Å². The third-order valence-corrected chi connectivity index (χ3v) is 7.64. The van der Waals surface area contributed by atoms with Crippen molar-refractivity contribution in [3.05, 3.63) is 55.0 Å². The van der Waals surface area contributed by atoms with E-state index in [0.717, 1.165) is 0 Å². The van der Waals surface area contributed by atoms with Gasteiger partial charge in [0.05, 0.1) is 10.6 Å². The molecule has 4 heterocycles. The number of pyridine rings is 1. The van der Waals surface area contributed by atoms with E-state index < -0.39 is 10.0 Å². The maximum absolute atomic E-state index is 13.1. The highest BCUT2D eigenvalue weighted by molar-refractivity contribution is 7.89. The van der Waals surface area contributed by atoms with Gasteiger partial charge in [0.1, 0.15) is 13.2 Å². The molecule has 1 amide bonds. The molecule has 2 aromatic heterocycles. The SMILES string of the molecule is O=C(Nc1cccnc1-n1cccn1)C1CCN(S(=O)(=O)c2ccc3c(c2)OCCO3)CC1. The summed E-state index contributed by atoms with van der Waals surface area (Å²) in [5.74, 6) is 1.03. The van der Waals surface area contributed by atoms with Crippen LogP contribution in [0.5, 0.6) is 11.5 Å². The molecule has 0 saturated carbocycles. The molecule has 0 spiro atoms. The Balaban J connectivity index is 1.25. The number of carbonyl (C=O) groups excluding carboxylic acids is 1. The molecule has 0 aliphatic carbocycles. The van der Waals surface area contributed by atoms with Crippen LogP contribution in [-0.2, 0) is 14.8 Å². The van der Waals surface area contributed by atoms with Crippen molar-refractivity contribution in [3.8, 4) is 17.3 Å². The van der Waals surface area contributed by atoms with Gasteiger partial charge in [0.25, 0.3) is 0 Å². The van der Waals surface area contributed by atoms with Crippen molar-refractivity contribution < 1.29 is 22.7 Å². The van der Waals surface area contributed by atoms with Gasteiger partial charge < -0.3 is 14.8 Å². The zero-order valence-corrected chi connectivity index (χ0v) is 18.6. The predicted molar refractivity (Wildman–Crippen MR) is 119 cm³/mol. The highest BCUT2D eigenvalue weighted by Crippen LogP contribution is 2.34. The topological polar surface area (TPSA) is 116 Å². The summed E-state index contributed by atoms with van der Waals surface area (Å²) in [7, 11) is -3.70. The Morgan fingerprint density at radius 1 is 1.03 bits per heavy atom. The number of hydrogen-bond donors (Lipinski definition) is 1. The number of anilines is 1. The minimum Gasteiger partial charge on any atom is -0.486 e. The first-order chi connectivity index (χ1) is 16.0. The largest absolute Gasteiger partial charge is 0.486 e. The summed E-state index contributed by atoms with van der Waals surface area (Å²) >= 11 is 0. The van der Waals surface area contributed by atoms with Crippen molar-refractivity contribution in [3.63, 3.8) is 0 Å². The number of amides is 1. The molecule has 1 fully saturated rings. The lowest BCUT2D eigenvalue weighted by Crippen LogP contribution is -2.41. The van der Waals surface area contributed by atoms with Crippen molar-refractivity contribution in [2.24, 2.45) is 5.92 Å². The van der Waals surface area contributed by atoms with E-state index in [9.17, 15) is 13.2 Å². The second kappa shape index (κ2) is 8.83. The van der Waals surface area contributed by atoms with E-state index >= 15 is 0 Å². The zero-order valence-electron chi connectivity index (χ0n) is 17.8. The minimum absolute atomic E-state index is 0.159. The lowest BCUT2D eigenvalue weighted by atomic mass is 9.97. The van der Waals surface area contributed by atoms with Crippen molar-refractivity contribution in [1.29, 1.82) is 0 Å². The standard InChI is InChI=1S/C22H23N5O5S/c28-22(25-18-3-1-8-23-21(18)27-10-2-9-24-27)16-6-11-26(12-7-16)33(29,30)17-4-5-19-20(15-17)32-14-13-31-19/h1-5,8-10,15-16H,6-7,11-14H2,(H,25,28). The number of hydrogen-bond acceptors (Lipinski definition) is 7. The number of rotatable bonds is 5. The molecule has 1 aromatic carbocycles. The Morgan fingerprint density at radius 2 is 1.82 bits per heavy atom. The van der Waals surface area contributed by atoms with Crippen molar-refractivity contribution in [2.75, 3.05) is 31.6 Å². The summed E-state index contributed by atoms with van der Waals surface area (Å²) in [4.78, 5) is 17.4. The van der Waals surface area contributed by atoms with Gasteiger partial charge in [-0.15, -0.1) is 0 Å². The molecule has 2 aliphatic heterocycles. The van der Waals surface area contributed by atoms with Crippen LogP contribution < -0.4 is 14.8 Å². The number of benzene rings is 1. The highest BCUT2D eigenvalue weighted by Gasteiger charge is 2.33. The second-order valence-corrected chi connectivity index (χ2v) is 9.74. The molecule has 0 atom stereocenters. The van der Waals surface area contributed by atoms with Gasteiger partial charge in [-0.2, -0.15) is 9.40 Å². The lowest BCUT2D eigenvalue weighted by molar-refractivity contribution is -0.120. The fourth-order valence-corrected chi connectivity index (χ4v) is 5.48. The Morgan fingerprint density at radius 3 is 2.58 bits per heavy atom. The van der Waals surface area contributed by atoms with Crippen LogP contribution >= 0.6 is 0 Å². The molecule has 11 heteroatoms. The van der Waals surface area contributed by atoms with Gasteiger partial charge in [0, 0.05) is 43.7 Å². The number of sulfonamides is 1. The molecule has 3 aromatic rings. The normalized spacial score (nSPS) is 17.0. The third kappa shape index (κ3) is 4.29. The van der Waals surface area contributed by atoms with E-state index in [-0.39, 0.29) is 29.8 Å². The van der Waals surface area contributed by atoms with Crippen LogP contribution in [0.1, 0.15) is 12.8 Å². The Bertz CT molecular complexity index is 1250. The van der Waals surface area contributed by atoms with E-state index in [0.29, 0.717) is 49.1 Å². The van der Waals surface area contributed by atoms with Crippen LogP contribution in [0.2, 0.25) is 0 Å². The monoisotopic (exact) mass is 469 g/mol. The molecule has 33 heavy (non-hydrogen) atoms. The number of fused-ring (bicyclic) bond motifs is 1. The number of nitrogens with one attached hydrogen (secondary N) is 1. The quantitative estimate of drug-likeness (QED) is 0.608. The summed E-state index contributed by atoms with van der Waals surface area (Å²) in [6.07, 6.45) is 5.87. The summed E-state index contributed by atoms with van der Waals surface area (Å²) in [6, 6.07) is 9.93. The van der Waals surface area contributed by atoms with Crippen LogP contribution in [0.4, 0.5) is 5.69 Å². The molecule has 10 nitrogen and oxygen atoms in total. The van der Waals surface area contributed by atoms with Gasteiger partial charge in [-0.05, 0) is 43.2 Å². The maximum Gasteiger partial charge on any atom is 0.243 e. The first-order valence-corrected chi connectivity index (χ1v) is 12.1. The van der Waals surface area contributed by atoms with Crippen LogP contribution in [0.25, 0.3) is 5.82 Å². The number of piperidine rings is 1. The zero-order chi connectivity index (χ0) is 22.8. The van der Waals surface area contributed by atoms with E-state index in [1.54, 1.807) is 47.5 Å². The maximum atomic E-state index is 13.1. The molecule has 0 radical (unpaired) electrons. The van der Waals surface area contributed by atoms with Gasteiger partial charge >= 0.3 is 0 Å². The highest BCUT2D eigenvalue weighted by atomic mass is 32.2. The summed E-state index contributed by atoms with van der Waals surface area (Å²) < 4.78 is 40.2. The average molecular weight is 470 g/mol. The lowest BCUT2D eigenvalue weighted by Gasteiger charge is -2.31. The summed E-state index contributed by atoms with van der Waals surface area (Å²) in [5, 5.41) is 7.10. The van der Waals surface area contributed by atoms with Crippen molar-refractivity contribution >= 4 is 21.6 Å². The summed E-state index contributed by atoms with van der Waals surface area (Å²) in [6.45, 7) is 1.34. The fourth-order valence-electron chi connectivity index (χ4n) is 4.00. The average Bonchev–Trinajstić information content (AvgIpc) is 3.39. The molecular weight excluding hydrogens is 446 g/mol. The number of nitrogens with zero attached hydrogens (tertiary/aromatic N) is 4. The third-order valence-electron chi connectivity index (χ3n) is 5.74. The Labute approximate surface area is 191 Å². The van der Waals surface area contributed by atoms with Crippen LogP contribution in [-0.4, -0.2) is 59.7 Å². The second-order valence-electron chi connectivity index (χ2n) is 7.80. The van der Waals surface area contributed by atoms with Gasteiger partial charge in [-0.25, -0.2) is 18.1 Å². The van der Waals surface area contributed by atoms with Gasteiger partial charge in [0.2, 0.25) is 15.9 Å². The van der Waals surface area contributed by atoms with Crippen LogP contribution in [0.3, 0.4) is 0 Å². The predicted octanol–water partition coefficient (Wildman–Crippen LogP) is 2.08. The van der Waals surface area contributed by atoms with Gasteiger partial charge in [-0.3, -0.25) is 4.79 Å². The number of aromatic nitrogens is 3. The molecular formula is C22H23N5O5S. The fraction of sp³-hybridized carbons (Fsp3) is 0.318. The number of ether oxygens (including phenoxy) is 2. The van der Waals surface area contributed by atoms with Crippen LogP contribution in [0.15, 0.2) is 59.9 Å². The van der Waals surface area contributed by atoms with Crippen LogP contribution in [0, 0.1) is 5.92 Å². The molecule has 0 unspecified atom stereocenters. The molecule has 5 rings (SSSR count). The minimum atomic E-state index is -3.70.